The Morgan fingerprint density at radius 2 is 1.38 bits per heavy atom. The molecule has 12 unspecified atom stereocenters. The van der Waals surface area contributed by atoms with Gasteiger partial charge in [0.1, 0.15) is 0 Å². The molecule has 0 aromatic carbocycles. The molecule has 9 aliphatic rings. The van der Waals surface area contributed by atoms with E-state index < -0.39 is 0 Å². The molecule has 8 nitrogen and oxygen atoms in total. The van der Waals surface area contributed by atoms with Crippen molar-refractivity contribution >= 4 is 5.97 Å². The van der Waals surface area contributed by atoms with E-state index in [0.29, 0.717) is 42.9 Å². The summed E-state index contributed by atoms with van der Waals surface area (Å²) in [5.41, 5.74) is 6.08. The van der Waals surface area contributed by atoms with E-state index in [1.165, 1.54) is 51.7 Å². The fraction of sp³-hybridized carbons (Fsp3) is 0.769. The van der Waals surface area contributed by atoms with Gasteiger partial charge >= 0.3 is 5.97 Å². The first kappa shape index (κ1) is 35.0. The van der Waals surface area contributed by atoms with Crippen molar-refractivity contribution < 1.29 is 14.6 Å². The van der Waals surface area contributed by atoms with Gasteiger partial charge in [-0.1, -0.05) is 48.6 Å². The number of carbonyl (C=O) groups excluding carboxylic acids is 1. The molecule has 7 N–H and O–H groups in total. The maximum absolute atomic E-state index is 11.7. The first-order chi connectivity index (χ1) is 23.1. The van der Waals surface area contributed by atoms with E-state index in [-0.39, 0.29) is 11.9 Å². The molecule has 0 amide bonds. The summed E-state index contributed by atoms with van der Waals surface area (Å²) in [6.45, 7) is 11.7. The molecule has 0 radical (unpaired) electrons. The van der Waals surface area contributed by atoms with Gasteiger partial charge in [-0.3, -0.25) is 4.79 Å². The molecule has 9 rings (SSSR count). The minimum Gasteiger partial charge on any atom is -0.466 e. The van der Waals surface area contributed by atoms with Gasteiger partial charge in [0.2, 0.25) is 0 Å². The highest BCUT2D eigenvalue weighted by Crippen LogP contribution is 2.46. The number of fused-ring (bicyclic) bond motifs is 4. The van der Waals surface area contributed by atoms with Gasteiger partial charge in [-0.25, -0.2) is 0 Å². The molecular weight excluding hydrogens is 586 g/mol. The average Bonchev–Trinajstić information content (AvgIpc) is 3.58. The number of nitrogens with two attached hydrogens (primary N) is 1. The van der Waals surface area contributed by atoms with Crippen molar-refractivity contribution in [2.45, 2.75) is 51.5 Å². The molecule has 4 heterocycles. The quantitative estimate of drug-likeness (QED) is 0.203. The lowest BCUT2D eigenvalue weighted by Gasteiger charge is -2.32. The van der Waals surface area contributed by atoms with Crippen LogP contribution >= 0.6 is 0 Å². The summed E-state index contributed by atoms with van der Waals surface area (Å²) in [5.74, 6) is 8.21. The Labute approximate surface area is 283 Å². The topological polar surface area (TPSA) is 121 Å². The van der Waals surface area contributed by atoms with Gasteiger partial charge < -0.3 is 36.8 Å². The Morgan fingerprint density at radius 1 is 0.702 bits per heavy atom. The van der Waals surface area contributed by atoms with Gasteiger partial charge in [0.25, 0.3) is 0 Å². The third-order valence-electron chi connectivity index (χ3n) is 12.7. The van der Waals surface area contributed by atoms with E-state index in [1.54, 1.807) is 0 Å². The van der Waals surface area contributed by atoms with Crippen LogP contribution in [0.25, 0.3) is 0 Å². The summed E-state index contributed by atoms with van der Waals surface area (Å²) < 4.78 is 5.09. The van der Waals surface area contributed by atoms with E-state index in [2.05, 4.69) is 69.9 Å². The summed E-state index contributed by atoms with van der Waals surface area (Å²) in [7, 11) is 0. The number of carbonyl (C=O) groups is 1. The van der Waals surface area contributed by atoms with Crippen LogP contribution < -0.4 is 27.0 Å². The number of aliphatic hydroxyl groups excluding tert-OH is 1. The Bertz CT molecular complexity index is 1120. The number of aliphatic hydroxyl groups is 1. The van der Waals surface area contributed by atoms with Gasteiger partial charge in [0.15, 0.2) is 0 Å². The Hall–Kier alpha value is -1.81. The zero-order valence-electron chi connectivity index (χ0n) is 28.8. The first-order valence-corrected chi connectivity index (χ1v) is 19.1. The second-order valence-corrected chi connectivity index (χ2v) is 15.6. The fourth-order valence-corrected chi connectivity index (χ4v) is 9.71. The molecule has 4 aliphatic heterocycles. The molecule has 0 bridgehead atoms. The molecule has 0 aromatic heterocycles. The average molecular weight is 650 g/mol. The SMILES string of the molecule is C1=CC2CNCC2CC1.CCOC(=O)C1CC=CC2CNCC21.NC1C=CC(C2CC2)C2CNCC12.OCC1C=CCC2CNCC12. The van der Waals surface area contributed by atoms with E-state index in [1.807, 2.05) is 6.92 Å². The van der Waals surface area contributed by atoms with Crippen molar-refractivity contribution in [3.63, 3.8) is 0 Å². The smallest absolute Gasteiger partial charge is 0.309 e. The highest BCUT2D eigenvalue weighted by atomic mass is 16.5. The molecule has 0 spiro atoms. The van der Waals surface area contributed by atoms with Gasteiger partial charge in [0.05, 0.1) is 12.5 Å². The molecule has 5 aliphatic carbocycles. The molecule has 262 valence electrons. The normalized spacial score (nSPS) is 41.9. The molecular formula is C39H63N5O3. The Kier molecular flexibility index (Phi) is 12.8. The lowest BCUT2D eigenvalue weighted by Crippen LogP contribution is -2.39. The van der Waals surface area contributed by atoms with Crippen molar-refractivity contribution in [3.05, 3.63) is 48.6 Å². The zero-order chi connectivity index (χ0) is 32.6. The molecule has 0 aromatic rings. The van der Waals surface area contributed by atoms with E-state index in [9.17, 15) is 4.79 Å². The predicted molar refractivity (Wildman–Crippen MR) is 189 cm³/mol. The zero-order valence-corrected chi connectivity index (χ0v) is 28.8. The summed E-state index contributed by atoms with van der Waals surface area (Å²) in [6.07, 6.45) is 25.8. The van der Waals surface area contributed by atoms with Crippen molar-refractivity contribution in [2.75, 3.05) is 65.6 Å². The van der Waals surface area contributed by atoms with Crippen LogP contribution in [0, 0.1) is 71.0 Å². The van der Waals surface area contributed by atoms with Crippen LogP contribution in [0.3, 0.4) is 0 Å². The second kappa shape index (κ2) is 17.2. The lowest BCUT2D eigenvalue weighted by atomic mass is 9.74. The number of rotatable bonds is 4. The summed E-state index contributed by atoms with van der Waals surface area (Å²) in [5, 5.41) is 22.7. The van der Waals surface area contributed by atoms with Crippen molar-refractivity contribution in [1.82, 2.24) is 21.3 Å². The van der Waals surface area contributed by atoms with Gasteiger partial charge in [0, 0.05) is 38.2 Å². The van der Waals surface area contributed by atoms with Crippen LogP contribution in [-0.4, -0.2) is 82.7 Å². The monoisotopic (exact) mass is 649 g/mol. The van der Waals surface area contributed by atoms with Gasteiger partial charge in [-0.2, -0.15) is 0 Å². The summed E-state index contributed by atoms with van der Waals surface area (Å²) >= 11 is 0. The Morgan fingerprint density at radius 3 is 2.19 bits per heavy atom. The first-order valence-electron chi connectivity index (χ1n) is 19.1. The van der Waals surface area contributed by atoms with Crippen molar-refractivity contribution in [2.24, 2.45) is 76.7 Å². The third kappa shape index (κ3) is 8.87. The molecule has 4 saturated heterocycles. The van der Waals surface area contributed by atoms with Crippen LogP contribution in [0.5, 0.6) is 0 Å². The highest BCUT2D eigenvalue weighted by Gasteiger charge is 2.44. The number of hydrogen-bond acceptors (Lipinski definition) is 8. The van der Waals surface area contributed by atoms with Crippen LogP contribution in [0.1, 0.15) is 45.4 Å². The standard InChI is InChI=1S/C11H18N2.C11H17NO2.C9H15NO.C8H13N/c12-11-4-3-8(7-1-2-7)9-5-13-6-10(9)11;1-2-14-11(13)9-5-3-4-8-6-12-7-10(8)9;11-6-8-3-1-2-7-4-10-5-9(7)8;1-2-4-8-6-9-5-7(8)3-1/h3-4,7-11,13H,1-2,5-6,12H2;3-4,8-10,12H,2,5-7H2,1H3;1,3,7-11H,2,4-6H2;1,3,7-9H,2,4-6H2. The third-order valence-corrected chi connectivity index (χ3v) is 12.7. The minimum absolute atomic E-state index is 0.0180. The number of ether oxygens (including phenoxy) is 1. The van der Waals surface area contributed by atoms with Crippen LogP contribution in [0.15, 0.2) is 48.6 Å². The molecule has 8 heteroatoms. The van der Waals surface area contributed by atoms with Crippen molar-refractivity contribution in [1.29, 1.82) is 0 Å². The maximum atomic E-state index is 11.7. The largest absolute Gasteiger partial charge is 0.466 e. The number of hydrogen-bond donors (Lipinski definition) is 6. The fourth-order valence-electron chi connectivity index (χ4n) is 9.71. The van der Waals surface area contributed by atoms with Gasteiger partial charge in [-0.15, -0.1) is 0 Å². The highest BCUT2D eigenvalue weighted by molar-refractivity contribution is 5.73. The van der Waals surface area contributed by atoms with Crippen LogP contribution in [-0.2, 0) is 9.53 Å². The van der Waals surface area contributed by atoms with Crippen molar-refractivity contribution in [3.8, 4) is 0 Å². The maximum Gasteiger partial charge on any atom is 0.309 e. The molecule has 1 saturated carbocycles. The molecule has 5 fully saturated rings. The van der Waals surface area contributed by atoms with E-state index in [4.69, 9.17) is 15.6 Å². The minimum atomic E-state index is -0.0180. The number of nitrogens with one attached hydrogen (secondary N) is 4. The van der Waals surface area contributed by atoms with E-state index in [0.717, 1.165) is 80.6 Å². The summed E-state index contributed by atoms with van der Waals surface area (Å²) in [4.78, 5) is 11.7. The lowest BCUT2D eigenvalue weighted by molar-refractivity contribution is -0.150. The van der Waals surface area contributed by atoms with Crippen LogP contribution in [0.4, 0.5) is 0 Å². The van der Waals surface area contributed by atoms with Gasteiger partial charge in [-0.05, 0) is 137 Å². The Balaban J connectivity index is 0.000000111. The van der Waals surface area contributed by atoms with Crippen LogP contribution in [0.2, 0.25) is 0 Å². The molecule has 12 atom stereocenters. The number of allylic oxidation sites excluding steroid dienone is 4. The van der Waals surface area contributed by atoms with E-state index >= 15 is 0 Å². The predicted octanol–water partition coefficient (Wildman–Crippen LogP) is 3.27. The summed E-state index contributed by atoms with van der Waals surface area (Å²) in [6, 6.07) is 0.315. The number of esters is 1. The molecule has 47 heavy (non-hydrogen) atoms. The second-order valence-electron chi connectivity index (χ2n) is 15.6.